The zero-order valence-corrected chi connectivity index (χ0v) is 17.7. The number of rotatable bonds is 6. The number of thioether (sulfide) groups is 1. The Hall–Kier alpha value is -3.63. The van der Waals surface area contributed by atoms with Crippen LogP contribution < -0.4 is 0 Å². The lowest BCUT2D eigenvalue weighted by Gasteiger charge is -2.17. The van der Waals surface area contributed by atoms with Crippen LogP contribution in [0.1, 0.15) is 11.1 Å². The highest BCUT2D eigenvalue weighted by Gasteiger charge is 2.18. The molecular formula is C27H21N3S. The average Bonchev–Trinajstić information content (AvgIpc) is 3.27. The molecule has 0 bridgehead atoms. The lowest BCUT2D eigenvalue weighted by atomic mass is 10.0. The molecule has 4 heteroatoms. The highest BCUT2D eigenvalue weighted by atomic mass is 32.2. The van der Waals surface area contributed by atoms with Gasteiger partial charge in [0.2, 0.25) is 0 Å². The van der Waals surface area contributed by atoms with Crippen molar-refractivity contribution in [1.29, 1.82) is 0 Å². The Morgan fingerprint density at radius 3 is 1.94 bits per heavy atom. The Bertz CT molecular complexity index is 1310. The predicted molar refractivity (Wildman–Crippen MR) is 130 cm³/mol. The van der Waals surface area contributed by atoms with E-state index >= 15 is 0 Å². The predicted octanol–water partition coefficient (Wildman–Crippen LogP) is 6.64. The van der Waals surface area contributed by atoms with Gasteiger partial charge in [-0.05, 0) is 35.4 Å². The summed E-state index contributed by atoms with van der Waals surface area (Å²) in [6.45, 7) is 0. The molecule has 0 aliphatic carbocycles. The van der Waals surface area contributed by atoms with Gasteiger partial charge in [0.05, 0.1) is 11.2 Å². The van der Waals surface area contributed by atoms with Crippen LogP contribution in [0.3, 0.4) is 0 Å². The van der Waals surface area contributed by atoms with Crippen molar-refractivity contribution in [2.75, 3.05) is 5.75 Å². The molecule has 0 aliphatic heterocycles. The van der Waals surface area contributed by atoms with Crippen molar-refractivity contribution in [3.05, 3.63) is 126 Å². The standard InChI is InChI=1S/C27H21N3S/c1-4-12-21(13-5-1)24(20-31-23-16-8-3-9-17-23)27(22-14-6-2-7-15-22)30-26-19-11-10-18-25(26)28-29-30/h1-19H,20H2/b27-24-. The normalized spacial score (nSPS) is 12.0. The summed E-state index contributed by atoms with van der Waals surface area (Å²) in [5.74, 6) is 0.812. The van der Waals surface area contributed by atoms with Crippen LogP contribution in [-0.2, 0) is 0 Å². The van der Waals surface area contributed by atoms with Crippen molar-refractivity contribution < 1.29 is 0 Å². The molecule has 0 amide bonds. The molecule has 0 fully saturated rings. The summed E-state index contributed by atoms with van der Waals surface area (Å²) in [6, 6.07) is 39.7. The summed E-state index contributed by atoms with van der Waals surface area (Å²) in [7, 11) is 0. The molecule has 0 aliphatic rings. The molecule has 0 saturated carbocycles. The fourth-order valence-electron chi connectivity index (χ4n) is 3.65. The van der Waals surface area contributed by atoms with Gasteiger partial charge in [-0.25, -0.2) is 4.68 Å². The van der Waals surface area contributed by atoms with Crippen LogP contribution in [0.2, 0.25) is 0 Å². The monoisotopic (exact) mass is 419 g/mol. The minimum atomic E-state index is 0.812. The second-order valence-electron chi connectivity index (χ2n) is 7.15. The van der Waals surface area contributed by atoms with Gasteiger partial charge in [0.25, 0.3) is 0 Å². The molecule has 3 nitrogen and oxygen atoms in total. The zero-order valence-electron chi connectivity index (χ0n) is 16.9. The third-order valence-electron chi connectivity index (χ3n) is 5.15. The van der Waals surface area contributed by atoms with E-state index in [-0.39, 0.29) is 0 Å². The van der Waals surface area contributed by atoms with Crippen LogP contribution in [0, 0.1) is 0 Å². The molecule has 150 valence electrons. The second-order valence-corrected chi connectivity index (χ2v) is 8.20. The highest BCUT2D eigenvalue weighted by Crippen LogP contribution is 2.34. The first-order valence-electron chi connectivity index (χ1n) is 10.2. The third kappa shape index (κ3) is 4.16. The average molecular weight is 420 g/mol. The van der Waals surface area contributed by atoms with Gasteiger partial charge in [-0.1, -0.05) is 96.2 Å². The molecule has 0 radical (unpaired) electrons. The van der Waals surface area contributed by atoms with Gasteiger partial charge >= 0.3 is 0 Å². The van der Waals surface area contributed by atoms with E-state index in [1.807, 2.05) is 40.7 Å². The van der Waals surface area contributed by atoms with Gasteiger partial charge < -0.3 is 0 Å². The summed E-state index contributed by atoms with van der Waals surface area (Å²) < 4.78 is 1.98. The first-order chi connectivity index (χ1) is 15.4. The van der Waals surface area contributed by atoms with E-state index < -0.39 is 0 Å². The number of para-hydroxylation sites is 1. The van der Waals surface area contributed by atoms with E-state index in [1.165, 1.54) is 16.0 Å². The van der Waals surface area contributed by atoms with E-state index in [4.69, 9.17) is 0 Å². The van der Waals surface area contributed by atoms with Crippen molar-refractivity contribution in [3.63, 3.8) is 0 Å². The Labute approximate surface area is 186 Å². The molecule has 31 heavy (non-hydrogen) atoms. The van der Waals surface area contributed by atoms with Crippen LogP contribution in [-0.4, -0.2) is 20.7 Å². The molecule has 0 atom stereocenters. The molecule has 0 unspecified atom stereocenters. The zero-order chi connectivity index (χ0) is 20.9. The van der Waals surface area contributed by atoms with E-state index in [9.17, 15) is 0 Å². The molecule has 0 spiro atoms. The summed E-state index contributed by atoms with van der Waals surface area (Å²) >= 11 is 1.83. The fraction of sp³-hybridized carbons (Fsp3) is 0.0370. The van der Waals surface area contributed by atoms with Crippen LogP contribution >= 0.6 is 11.8 Å². The van der Waals surface area contributed by atoms with E-state index in [0.29, 0.717) is 0 Å². The fourth-order valence-corrected chi connectivity index (χ4v) is 4.62. The molecule has 0 saturated heterocycles. The molecule has 4 aromatic carbocycles. The Balaban J connectivity index is 1.74. The summed E-state index contributed by atoms with van der Waals surface area (Å²) in [6.07, 6.45) is 0. The number of fused-ring (bicyclic) bond motifs is 1. The van der Waals surface area contributed by atoms with Gasteiger partial charge in [0.15, 0.2) is 0 Å². The van der Waals surface area contributed by atoms with Crippen molar-refractivity contribution in [1.82, 2.24) is 15.0 Å². The van der Waals surface area contributed by atoms with Crippen molar-refractivity contribution >= 4 is 34.1 Å². The van der Waals surface area contributed by atoms with E-state index in [2.05, 4.69) is 101 Å². The molecular weight excluding hydrogens is 398 g/mol. The first kappa shape index (κ1) is 19.3. The SMILES string of the molecule is c1ccc(SC/C(=C(\c2ccccc2)n2nnc3ccccc32)c2ccccc2)cc1. The summed E-state index contributed by atoms with van der Waals surface area (Å²) in [5, 5.41) is 9.00. The smallest absolute Gasteiger partial charge is 0.113 e. The van der Waals surface area contributed by atoms with Crippen LogP contribution in [0.5, 0.6) is 0 Å². The molecule has 5 aromatic rings. The number of aromatic nitrogens is 3. The number of hydrogen-bond donors (Lipinski definition) is 0. The molecule has 5 rings (SSSR count). The Morgan fingerprint density at radius 2 is 1.23 bits per heavy atom. The van der Waals surface area contributed by atoms with E-state index in [0.717, 1.165) is 28.0 Å². The maximum atomic E-state index is 4.57. The minimum absolute atomic E-state index is 0.812. The minimum Gasteiger partial charge on any atom is -0.212 e. The van der Waals surface area contributed by atoms with Gasteiger partial charge in [-0.15, -0.1) is 16.9 Å². The topological polar surface area (TPSA) is 30.7 Å². The summed E-state index contributed by atoms with van der Waals surface area (Å²) in [4.78, 5) is 1.24. The number of hydrogen-bond acceptors (Lipinski definition) is 3. The number of benzene rings is 4. The Kier molecular flexibility index (Phi) is 5.63. The molecule has 0 N–H and O–H groups in total. The first-order valence-corrected chi connectivity index (χ1v) is 11.2. The third-order valence-corrected chi connectivity index (χ3v) is 6.18. The van der Waals surface area contributed by atoms with Crippen LogP contribution in [0.4, 0.5) is 0 Å². The van der Waals surface area contributed by atoms with Crippen LogP contribution in [0.25, 0.3) is 22.3 Å². The summed E-state index contributed by atoms with van der Waals surface area (Å²) in [5.41, 5.74) is 6.47. The van der Waals surface area contributed by atoms with Crippen LogP contribution in [0.15, 0.2) is 120 Å². The largest absolute Gasteiger partial charge is 0.212 e. The second kappa shape index (κ2) is 9.02. The van der Waals surface area contributed by atoms with E-state index in [1.54, 1.807) is 0 Å². The maximum absolute atomic E-state index is 4.57. The molecule has 1 aromatic heterocycles. The number of nitrogens with zero attached hydrogens (tertiary/aromatic N) is 3. The van der Waals surface area contributed by atoms with Gasteiger partial charge in [0, 0.05) is 16.2 Å². The quantitative estimate of drug-likeness (QED) is 0.228. The van der Waals surface area contributed by atoms with Gasteiger partial charge in [0.1, 0.15) is 5.52 Å². The lowest BCUT2D eigenvalue weighted by Crippen LogP contribution is -2.06. The van der Waals surface area contributed by atoms with Crippen molar-refractivity contribution in [2.45, 2.75) is 4.90 Å². The Morgan fingerprint density at radius 1 is 0.645 bits per heavy atom. The van der Waals surface area contributed by atoms with Gasteiger partial charge in [-0.2, -0.15) is 0 Å². The molecule has 1 heterocycles. The van der Waals surface area contributed by atoms with Gasteiger partial charge in [-0.3, -0.25) is 0 Å². The lowest BCUT2D eigenvalue weighted by molar-refractivity contribution is 0.841. The maximum Gasteiger partial charge on any atom is 0.113 e. The van der Waals surface area contributed by atoms with Crippen molar-refractivity contribution in [2.24, 2.45) is 0 Å². The highest BCUT2D eigenvalue weighted by molar-refractivity contribution is 7.99. The van der Waals surface area contributed by atoms with Crippen molar-refractivity contribution in [3.8, 4) is 0 Å².